The molecule has 1 fully saturated rings. The van der Waals surface area contributed by atoms with Crippen molar-refractivity contribution in [3.63, 3.8) is 0 Å². The highest BCUT2D eigenvalue weighted by Crippen LogP contribution is 2.34. The summed E-state index contributed by atoms with van der Waals surface area (Å²) in [5, 5.41) is 3.44. The summed E-state index contributed by atoms with van der Waals surface area (Å²) in [5.74, 6) is 0.231. The van der Waals surface area contributed by atoms with E-state index in [0.29, 0.717) is 5.92 Å². The van der Waals surface area contributed by atoms with Gasteiger partial charge in [-0.3, -0.25) is 0 Å². The number of hydrogen-bond acceptors (Lipinski definition) is 2. The van der Waals surface area contributed by atoms with Crippen LogP contribution in [0.3, 0.4) is 0 Å². The van der Waals surface area contributed by atoms with Crippen LogP contribution in [0.15, 0.2) is 18.2 Å². The maximum atomic E-state index is 14.0. The van der Waals surface area contributed by atoms with Crippen molar-refractivity contribution < 1.29 is 9.13 Å². The number of rotatable bonds is 5. The summed E-state index contributed by atoms with van der Waals surface area (Å²) >= 11 is 0. The lowest BCUT2D eigenvalue weighted by molar-refractivity contribution is -0.0296. The maximum Gasteiger partial charge on any atom is 0.129 e. The molecule has 19 heavy (non-hydrogen) atoms. The predicted molar refractivity (Wildman–Crippen MR) is 75.7 cm³/mol. The third kappa shape index (κ3) is 3.77. The van der Waals surface area contributed by atoms with Crippen LogP contribution in [0.1, 0.15) is 43.4 Å². The molecule has 1 aromatic rings. The van der Waals surface area contributed by atoms with Crippen LogP contribution in [0.5, 0.6) is 0 Å². The fraction of sp³-hybridized carbons (Fsp3) is 0.625. The minimum Gasteiger partial charge on any atom is -0.373 e. The van der Waals surface area contributed by atoms with Gasteiger partial charge in [0, 0.05) is 24.6 Å². The number of halogens is 1. The first-order chi connectivity index (χ1) is 9.22. The number of nitrogens with one attached hydrogen (secondary N) is 1. The van der Waals surface area contributed by atoms with E-state index in [2.05, 4.69) is 12.2 Å². The van der Waals surface area contributed by atoms with Crippen LogP contribution < -0.4 is 5.32 Å². The van der Waals surface area contributed by atoms with Gasteiger partial charge >= 0.3 is 0 Å². The smallest absolute Gasteiger partial charge is 0.129 e. The number of ether oxygens (including phenoxy) is 1. The molecule has 1 N–H and O–H groups in total. The SMILES string of the molecule is CCCNCC1CCCOC1c1cc(C)ccc1F. The Morgan fingerprint density at radius 1 is 1.42 bits per heavy atom. The van der Waals surface area contributed by atoms with Gasteiger partial charge in [0.15, 0.2) is 0 Å². The molecule has 1 aliphatic rings. The number of benzene rings is 1. The van der Waals surface area contributed by atoms with Crippen molar-refractivity contribution in [3.05, 3.63) is 35.1 Å². The van der Waals surface area contributed by atoms with Crippen LogP contribution in [0.2, 0.25) is 0 Å². The molecule has 3 heteroatoms. The average Bonchev–Trinajstić information content (AvgIpc) is 2.42. The summed E-state index contributed by atoms with van der Waals surface area (Å²) in [6.45, 7) is 6.81. The van der Waals surface area contributed by atoms with Crippen LogP contribution in [-0.2, 0) is 4.74 Å². The standard InChI is InChI=1S/C16H24FNO/c1-3-8-18-11-13-5-4-9-19-16(13)14-10-12(2)6-7-15(14)17/h6-7,10,13,16,18H,3-5,8-9,11H2,1-2H3. The lowest BCUT2D eigenvalue weighted by Gasteiger charge is -2.32. The summed E-state index contributed by atoms with van der Waals surface area (Å²) in [4.78, 5) is 0. The Labute approximate surface area is 115 Å². The summed E-state index contributed by atoms with van der Waals surface area (Å²) in [6.07, 6.45) is 3.20. The lowest BCUT2D eigenvalue weighted by atomic mass is 9.88. The molecule has 2 rings (SSSR count). The van der Waals surface area contributed by atoms with E-state index in [-0.39, 0.29) is 11.9 Å². The van der Waals surface area contributed by atoms with Crippen molar-refractivity contribution in [3.8, 4) is 0 Å². The Bertz CT molecular complexity index is 408. The van der Waals surface area contributed by atoms with Gasteiger partial charge in [-0.2, -0.15) is 0 Å². The zero-order chi connectivity index (χ0) is 13.7. The summed E-state index contributed by atoms with van der Waals surface area (Å²) in [5.41, 5.74) is 1.81. The second-order valence-electron chi connectivity index (χ2n) is 5.42. The molecule has 0 aromatic heterocycles. The molecule has 106 valence electrons. The second-order valence-corrected chi connectivity index (χ2v) is 5.42. The van der Waals surface area contributed by atoms with E-state index < -0.39 is 0 Å². The molecule has 1 saturated heterocycles. The monoisotopic (exact) mass is 265 g/mol. The first-order valence-electron chi connectivity index (χ1n) is 7.30. The van der Waals surface area contributed by atoms with Gasteiger partial charge in [0.2, 0.25) is 0 Å². The molecule has 1 aliphatic heterocycles. The quantitative estimate of drug-likeness (QED) is 0.821. The van der Waals surface area contributed by atoms with E-state index in [1.807, 2.05) is 19.1 Å². The van der Waals surface area contributed by atoms with Crippen LogP contribution in [0.4, 0.5) is 4.39 Å². The highest BCUT2D eigenvalue weighted by molar-refractivity contribution is 5.26. The fourth-order valence-corrected chi connectivity index (χ4v) is 2.74. The van der Waals surface area contributed by atoms with Gasteiger partial charge in [-0.1, -0.05) is 24.6 Å². The molecule has 2 nitrogen and oxygen atoms in total. The molecule has 2 atom stereocenters. The highest BCUT2D eigenvalue weighted by Gasteiger charge is 2.29. The normalized spacial score (nSPS) is 23.5. The Morgan fingerprint density at radius 2 is 2.26 bits per heavy atom. The fourth-order valence-electron chi connectivity index (χ4n) is 2.74. The van der Waals surface area contributed by atoms with Gasteiger partial charge in [0.05, 0.1) is 6.10 Å². The Morgan fingerprint density at radius 3 is 3.05 bits per heavy atom. The molecule has 0 radical (unpaired) electrons. The van der Waals surface area contributed by atoms with Gasteiger partial charge in [-0.05, 0) is 38.8 Å². The van der Waals surface area contributed by atoms with Crippen LogP contribution in [0.25, 0.3) is 0 Å². The number of aryl methyl sites for hydroxylation is 1. The molecule has 0 spiro atoms. The maximum absolute atomic E-state index is 14.0. The van der Waals surface area contributed by atoms with E-state index in [0.717, 1.165) is 50.1 Å². The largest absolute Gasteiger partial charge is 0.373 e. The minimum absolute atomic E-state index is 0.0991. The Kier molecular flexibility index (Phi) is 5.34. The molecule has 0 bridgehead atoms. The van der Waals surface area contributed by atoms with Crippen molar-refractivity contribution in [1.29, 1.82) is 0 Å². The molecule has 0 amide bonds. The minimum atomic E-state index is -0.141. The molecular weight excluding hydrogens is 241 g/mol. The summed E-state index contributed by atoms with van der Waals surface area (Å²) in [6, 6.07) is 5.29. The third-order valence-electron chi connectivity index (χ3n) is 3.74. The lowest BCUT2D eigenvalue weighted by Crippen LogP contribution is -2.32. The van der Waals surface area contributed by atoms with E-state index in [9.17, 15) is 4.39 Å². The van der Waals surface area contributed by atoms with E-state index >= 15 is 0 Å². The van der Waals surface area contributed by atoms with E-state index in [1.54, 1.807) is 6.07 Å². The van der Waals surface area contributed by atoms with Crippen LogP contribution in [-0.4, -0.2) is 19.7 Å². The Hall–Kier alpha value is -0.930. The molecular formula is C16H24FNO. The molecule has 0 saturated carbocycles. The van der Waals surface area contributed by atoms with Gasteiger partial charge in [0.25, 0.3) is 0 Å². The third-order valence-corrected chi connectivity index (χ3v) is 3.74. The first kappa shape index (κ1) is 14.5. The summed E-state index contributed by atoms with van der Waals surface area (Å²) in [7, 11) is 0. The van der Waals surface area contributed by atoms with E-state index in [1.165, 1.54) is 0 Å². The zero-order valence-corrected chi connectivity index (χ0v) is 11.9. The molecule has 0 aliphatic carbocycles. The van der Waals surface area contributed by atoms with Crippen molar-refractivity contribution in [1.82, 2.24) is 5.32 Å². The predicted octanol–water partition coefficient (Wildman–Crippen LogP) is 3.60. The van der Waals surface area contributed by atoms with E-state index in [4.69, 9.17) is 4.74 Å². The Balaban J connectivity index is 2.11. The van der Waals surface area contributed by atoms with Crippen molar-refractivity contribution in [2.75, 3.05) is 19.7 Å². The molecule has 1 heterocycles. The number of hydrogen-bond donors (Lipinski definition) is 1. The topological polar surface area (TPSA) is 21.3 Å². The first-order valence-corrected chi connectivity index (χ1v) is 7.30. The van der Waals surface area contributed by atoms with Gasteiger partial charge in [0.1, 0.15) is 5.82 Å². The zero-order valence-electron chi connectivity index (χ0n) is 11.9. The summed E-state index contributed by atoms with van der Waals surface area (Å²) < 4.78 is 19.9. The highest BCUT2D eigenvalue weighted by atomic mass is 19.1. The van der Waals surface area contributed by atoms with Gasteiger partial charge < -0.3 is 10.1 Å². The van der Waals surface area contributed by atoms with Crippen molar-refractivity contribution in [2.24, 2.45) is 5.92 Å². The van der Waals surface area contributed by atoms with Crippen LogP contribution in [0, 0.1) is 18.7 Å². The van der Waals surface area contributed by atoms with Crippen molar-refractivity contribution >= 4 is 0 Å². The second kappa shape index (κ2) is 7.01. The average molecular weight is 265 g/mol. The molecule has 1 aromatic carbocycles. The van der Waals surface area contributed by atoms with Gasteiger partial charge in [-0.15, -0.1) is 0 Å². The van der Waals surface area contributed by atoms with Crippen molar-refractivity contribution in [2.45, 2.75) is 39.2 Å². The molecule has 2 unspecified atom stereocenters. The van der Waals surface area contributed by atoms with Gasteiger partial charge in [-0.25, -0.2) is 4.39 Å². The van der Waals surface area contributed by atoms with Crippen LogP contribution >= 0.6 is 0 Å².